The molecule has 0 aromatic heterocycles. The number of nitrogens with one attached hydrogen (secondary N) is 2. The van der Waals surface area contributed by atoms with Gasteiger partial charge in [0.25, 0.3) is 0 Å². The van der Waals surface area contributed by atoms with E-state index in [-0.39, 0.29) is 30.4 Å². The lowest BCUT2D eigenvalue weighted by atomic mass is 10.2. The van der Waals surface area contributed by atoms with Gasteiger partial charge in [-0.25, -0.2) is 9.18 Å². The molecule has 22 heavy (non-hydrogen) atoms. The maximum atomic E-state index is 13.2. The molecule has 0 spiro atoms. The van der Waals surface area contributed by atoms with Gasteiger partial charge in [-0.15, -0.1) is 0 Å². The van der Waals surface area contributed by atoms with Crippen molar-refractivity contribution < 1.29 is 18.7 Å². The van der Waals surface area contributed by atoms with Crippen LogP contribution in [0.3, 0.4) is 0 Å². The smallest absolute Gasteiger partial charge is 0.315 e. The number of amides is 3. The molecule has 2 rings (SSSR count). The third-order valence-electron chi connectivity index (χ3n) is 3.37. The standard InChI is InChI=1S/C15H20FN3O3/c1-10(9-22-2)17-15(21)18-12-7-14(20)19(8-12)13-5-3-4-11(16)6-13/h3-6,10,12H,7-9H2,1-2H3,(H2,17,18,21). The van der Waals surface area contributed by atoms with Gasteiger partial charge in [-0.05, 0) is 25.1 Å². The molecule has 1 heterocycles. The number of nitrogens with zero attached hydrogens (tertiary/aromatic N) is 1. The zero-order chi connectivity index (χ0) is 16.1. The molecule has 1 aromatic rings. The summed E-state index contributed by atoms with van der Waals surface area (Å²) in [6.07, 6.45) is 0.197. The van der Waals surface area contributed by atoms with E-state index in [9.17, 15) is 14.0 Å². The summed E-state index contributed by atoms with van der Waals surface area (Å²) >= 11 is 0. The molecule has 1 fully saturated rings. The van der Waals surface area contributed by atoms with Crippen molar-refractivity contribution in [3.63, 3.8) is 0 Å². The first kappa shape index (κ1) is 16.2. The third-order valence-corrected chi connectivity index (χ3v) is 3.37. The molecule has 1 saturated heterocycles. The molecular formula is C15H20FN3O3. The van der Waals surface area contributed by atoms with Gasteiger partial charge in [-0.2, -0.15) is 0 Å². The summed E-state index contributed by atoms with van der Waals surface area (Å²) in [4.78, 5) is 25.3. The average molecular weight is 309 g/mol. The molecule has 120 valence electrons. The Labute approximate surface area is 128 Å². The van der Waals surface area contributed by atoms with E-state index >= 15 is 0 Å². The molecule has 1 aliphatic heterocycles. The molecule has 7 heteroatoms. The number of carbonyl (C=O) groups excluding carboxylic acids is 2. The molecule has 0 radical (unpaired) electrons. The minimum absolute atomic E-state index is 0.124. The van der Waals surface area contributed by atoms with Crippen LogP contribution in [0.15, 0.2) is 24.3 Å². The molecular weight excluding hydrogens is 289 g/mol. The first-order valence-electron chi connectivity index (χ1n) is 7.11. The van der Waals surface area contributed by atoms with E-state index in [2.05, 4.69) is 10.6 Å². The largest absolute Gasteiger partial charge is 0.383 e. The maximum absolute atomic E-state index is 13.2. The van der Waals surface area contributed by atoms with Crippen molar-refractivity contribution in [2.75, 3.05) is 25.2 Å². The number of methoxy groups -OCH3 is 1. The van der Waals surface area contributed by atoms with Crippen molar-refractivity contribution in [3.05, 3.63) is 30.1 Å². The summed E-state index contributed by atoms with van der Waals surface area (Å²) in [5.41, 5.74) is 0.502. The number of ether oxygens (including phenoxy) is 1. The van der Waals surface area contributed by atoms with E-state index in [1.165, 1.54) is 17.0 Å². The van der Waals surface area contributed by atoms with Crippen LogP contribution in [0.2, 0.25) is 0 Å². The lowest BCUT2D eigenvalue weighted by Crippen LogP contribution is -2.47. The van der Waals surface area contributed by atoms with Crippen LogP contribution in [0.1, 0.15) is 13.3 Å². The first-order chi connectivity index (χ1) is 10.5. The molecule has 0 bridgehead atoms. The highest BCUT2D eigenvalue weighted by Crippen LogP contribution is 2.22. The second kappa shape index (κ2) is 7.22. The van der Waals surface area contributed by atoms with Gasteiger partial charge in [0.1, 0.15) is 5.82 Å². The Balaban J connectivity index is 1.91. The highest BCUT2D eigenvalue weighted by molar-refractivity contribution is 5.96. The number of rotatable bonds is 5. The SMILES string of the molecule is COCC(C)NC(=O)NC1CC(=O)N(c2cccc(F)c2)C1. The Hall–Kier alpha value is -2.15. The van der Waals surface area contributed by atoms with Gasteiger partial charge in [-0.3, -0.25) is 4.79 Å². The van der Waals surface area contributed by atoms with Crippen molar-refractivity contribution in [1.82, 2.24) is 10.6 Å². The van der Waals surface area contributed by atoms with Crippen molar-refractivity contribution in [1.29, 1.82) is 0 Å². The molecule has 1 aromatic carbocycles. The summed E-state index contributed by atoms with van der Waals surface area (Å²) in [7, 11) is 1.56. The minimum Gasteiger partial charge on any atom is -0.383 e. The van der Waals surface area contributed by atoms with Gasteiger partial charge in [-0.1, -0.05) is 6.07 Å². The minimum atomic E-state index is -0.396. The number of hydrogen-bond donors (Lipinski definition) is 2. The third kappa shape index (κ3) is 4.17. The molecule has 2 unspecified atom stereocenters. The molecule has 2 atom stereocenters. The van der Waals surface area contributed by atoms with E-state index in [1.807, 2.05) is 6.92 Å². The van der Waals surface area contributed by atoms with E-state index in [1.54, 1.807) is 19.2 Å². The van der Waals surface area contributed by atoms with E-state index in [0.29, 0.717) is 18.8 Å². The van der Waals surface area contributed by atoms with Gasteiger partial charge in [0.2, 0.25) is 5.91 Å². The number of anilines is 1. The van der Waals surface area contributed by atoms with Crippen LogP contribution in [0.5, 0.6) is 0 Å². The molecule has 3 amide bonds. The monoisotopic (exact) mass is 309 g/mol. The second-order valence-corrected chi connectivity index (χ2v) is 5.36. The zero-order valence-corrected chi connectivity index (χ0v) is 12.6. The van der Waals surface area contributed by atoms with Crippen molar-refractivity contribution >= 4 is 17.6 Å². The molecule has 6 nitrogen and oxygen atoms in total. The lowest BCUT2D eigenvalue weighted by Gasteiger charge is -2.18. The Morgan fingerprint density at radius 3 is 3.00 bits per heavy atom. The molecule has 2 N–H and O–H groups in total. The molecule has 0 saturated carbocycles. The van der Waals surface area contributed by atoms with Crippen molar-refractivity contribution in [2.45, 2.75) is 25.4 Å². The zero-order valence-electron chi connectivity index (χ0n) is 12.6. The topological polar surface area (TPSA) is 70.7 Å². The maximum Gasteiger partial charge on any atom is 0.315 e. The highest BCUT2D eigenvalue weighted by atomic mass is 19.1. The van der Waals surface area contributed by atoms with E-state index in [0.717, 1.165) is 0 Å². The van der Waals surface area contributed by atoms with Gasteiger partial charge in [0.05, 0.1) is 18.7 Å². The van der Waals surface area contributed by atoms with E-state index in [4.69, 9.17) is 4.74 Å². The van der Waals surface area contributed by atoms with Crippen LogP contribution in [-0.2, 0) is 9.53 Å². The first-order valence-corrected chi connectivity index (χ1v) is 7.11. The number of carbonyl (C=O) groups is 2. The predicted molar refractivity (Wildman–Crippen MR) is 80.2 cm³/mol. The molecule has 0 aliphatic carbocycles. The van der Waals surface area contributed by atoms with Crippen LogP contribution in [-0.4, -0.2) is 44.3 Å². The van der Waals surface area contributed by atoms with Gasteiger partial charge in [0, 0.05) is 25.8 Å². The Morgan fingerprint density at radius 1 is 1.55 bits per heavy atom. The van der Waals surface area contributed by atoms with Crippen LogP contribution in [0.4, 0.5) is 14.9 Å². The lowest BCUT2D eigenvalue weighted by molar-refractivity contribution is -0.117. The summed E-state index contributed by atoms with van der Waals surface area (Å²) in [5, 5.41) is 5.47. The normalized spacial score (nSPS) is 19.1. The van der Waals surface area contributed by atoms with Crippen LogP contribution >= 0.6 is 0 Å². The Bertz CT molecular complexity index is 553. The Kier molecular flexibility index (Phi) is 5.32. The van der Waals surface area contributed by atoms with Crippen LogP contribution in [0, 0.1) is 5.82 Å². The van der Waals surface area contributed by atoms with Crippen LogP contribution in [0.25, 0.3) is 0 Å². The molecule has 1 aliphatic rings. The number of urea groups is 1. The van der Waals surface area contributed by atoms with Crippen LogP contribution < -0.4 is 15.5 Å². The highest BCUT2D eigenvalue weighted by Gasteiger charge is 2.31. The summed E-state index contributed by atoms with van der Waals surface area (Å²) < 4.78 is 18.2. The van der Waals surface area contributed by atoms with Gasteiger partial charge >= 0.3 is 6.03 Å². The average Bonchev–Trinajstić information content (AvgIpc) is 2.79. The summed E-state index contributed by atoms with van der Waals surface area (Å²) in [6.45, 7) is 2.56. The van der Waals surface area contributed by atoms with Gasteiger partial charge < -0.3 is 20.3 Å². The predicted octanol–water partition coefficient (Wildman–Crippen LogP) is 1.27. The van der Waals surface area contributed by atoms with Gasteiger partial charge in [0.15, 0.2) is 0 Å². The number of halogens is 1. The second-order valence-electron chi connectivity index (χ2n) is 5.36. The van der Waals surface area contributed by atoms with Crippen molar-refractivity contribution in [2.24, 2.45) is 0 Å². The fourth-order valence-electron chi connectivity index (χ4n) is 2.44. The summed E-state index contributed by atoms with van der Waals surface area (Å²) in [6, 6.07) is 5.09. The number of benzene rings is 1. The van der Waals surface area contributed by atoms with Crippen molar-refractivity contribution in [3.8, 4) is 0 Å². The fourth-order valence-corrected chi connectivity index (χ4v) is 2.44. The van der Waals surface area contributed by atoms with E-state index < -0.39 is 5.82 Å². The fraction of sp³-hybridized carbons (Fsp3) is 0.467. The Morgan fingerprint density at radius 2 is 2.32 bits per heavy atom. The number of hydrogen-bond acceptors (Lipinski definition) is 3. The summed E-state index contributed by atoms with van der Waals surface area (Å²) in [5.74, 6) is -0.534. The quantitative estimate of drug-likeness (QED) is 0.860.